The smallest absolute Gasteiger partial charge is 0.132 e. The molecule has 6 nitrogen and oxygen atoms in total. The van der Waals surface area contributed by atoms with E-state index in [-0.39, 0.29) is 0 Å². The second-order valence-electron chi connectivity index (χ2n) is 4.59. The normalized spacial score (nSPS) is 10.5. The average molecular weight is 274 g/mol. The van der Waals surface area contributed by atoms with Gasteiger partial charge in [-0.1, -0.05) is 6.92 Å². The maximum atomic E-state index is 4.47. The molecule has 0 aliphatic carbocycles. The summed E-state index contributed by atoms with van der Waals surface area (Å²) in [7, 11) is 1.87. The van der Waals surface area contributed by atoms with Crippen LogP contribution in [-0.4, -0.2) is 33.1 Å². The zero-order valence-electron chi connectivity index (χ0n) is 12.1. The van der Waals surface area contributed by atoms with Gasteiger partial charge in [0.2, 0.25) is 0 Å². The summed E-state index contributed by atoms with van der Waals surface area (Å²) in [6, 6.07) is 1.94. The van der Waals surface area contributed by atoms with E-state index in [9.17, 15) is 0 Å². The van der Waals surface area contributed by atoms with E-state index < -0.39 is 0 Å². The van der Waals surface area contributed by atoms with Gasteiger partial charge in [0.25, 0.3) is 0 Å². The van der Waals surface area contributed by atoms with Gasteiger partial charge in [-0.25, -0.2) is 15.0 Å². The molecule has 6 heteroatoms. The van der Waals surface area contributed by atoms with Crippen LogP contribution in [0.15, 0.2) is 24.8 Å². The summed E-state index contributed by atoms with van der Waals surface area (Å²) < 4.78 is 2.10. The van der Waals surface area contributed by atoms with Crippen molar-refractivity contribution in [2.45, 2.75) is 32.7 Å². The Bertz CT molecular complexity index is 486. The van der Waals surface area contributed by atoms with Crippen LogP contribution in [0.1, 0.15) is 25.6 Å². The van der Waals surface area contributed by atoms with E-state index >= 15 is 0 Å². The van der Waals surface area contributed by atoms with Crippen LogP contribution < -0.4 is 10.6 Å². The molecular weight excluding hydrogens is 252 g/mol. The number of aryl methyl sites for hydroxylation is 2. The SMILES string of the molecule is CCc1nc(NC)cc(NCCCCn2ccnc2)n1. The van der Waals surface area contributed by atoms with Crippen molar-refractivity contribution in [2.75, 3.05) is 24.2 Å². The first-order valence-electron chi connectivity index (χ1n) is 7.07. The maximum absolute atomic E-state index is 4.47. The first-order valence-corrected chi connectivity index (χ1v) is 7.07. The molecule has 20 heavy (non-hydrogen) atoms. The summed E-state index contributed by atoms with van der Waals surface area (Å²) in [4.78, 5) is 12.9. The van der Waals surface area contributed by atoms with Gasteiger partial charge in [0.1, 0.15) is 17.5 Å². The monoisotopic (exact) mass is 274 g/mol. The molecule has 2 aromatic heterocycles. The maximum Gasteiger partial charge on any atom is 0.132 e. The predicted octanol–water partition coefficient (Wildman–Crippen LogP) is 2.17. The molecule has 0 spiro atoms. The molecule has 0 bridgehead atoms. The van der Waals surface area contributed by atoms with Crippen molar-refractivity contribution in [1.82, 2.24) is 19.5 Å². The molecule has 2 aromatic rings. The quantitative estimate of drug-likeness (QED) is 0.722. The molecule has 2 rings (SSSR count). The average Bonchev–Trinajstić information content (AvgIpc) is 2.99. The van der Waals surface area contributed by atoms with Gasteiger partial charge < -0.3 is 15.2 Å². The lowest BCUT2D eigenvalue weighted by Gasteiger charge is -2.09. The van der Waals surface area contributed by atoms with Crippen LogP contribution >= 0.6 is 0 Å². The van der Waals surface area contributed by atoms with Gasteiger partial charge in [-0.2, -0.15) is 0 Å². The lowest BCUT2D eigenvalue weighted by molar-refractivity contribution is 0.620. The third kappa shape index (κ3) is 4.22. The zero-order chi connectivity index (χ0) is 14.2. The molecule has 0 aliphatic heterocycles. The van der Waals surface area contributed by atoms with Gasteiger partial charge in [-0.3, -0.25) is 0 Å². The molecule has 108 valence electrons. The number of imidazole rings is 1. The molecule has 0 amide bonds. The molecule has 0 fully saturated rings. The van der Waals surface area contributed by atoms with Crippen molar-refractivity contribution in [2.24, 2.45) is 0 Å². The van der Waals surface area contributed by atoms with E-state index in [0.717, 1.165) is 49.8 Å². The van der Waals surface area contributed by atoms with Crippen molar-refractivity contribution in [3.05, 3.63) is 30.6 Å². The summed E-state index contributed by atoms with van der Waals surface area (Å²) in [6.07, 6.45) is 8.71. The van der Waals surface area contributed by atoms with Gasteiger partial charge in [-0.05, 0) is 12.8 Å². The van der Waals surface area contributed by atoms with E-state index in [1.54, 1.807) is 0 Å². The molecule has 0 aromatic carbocycles. The van der Waals surface area contributed by atoms with Gasteiger partial charge >= 0.3 is 0 Å². The molecule has 2 N–H and O–H groups in total. The number of hydrogen-bond donors (Lipinski definition) is 2. The van der Waals surface area contributed by atoms with E-state index in [1.807, 2.05) is 31.8 Å². The fraction of sp³-hybridized carbons (Fsp3) is 0.500. The molecule has 2 heterocycles. The second-order valence-corrected chi connectivity index (χ2v) is 4.59. The fourth-order valence-electron chi connectivity index (χ4n) is 1.93. The Balaban J connectivity index is 1.75. The highest BCUT2D eigenvalue weighted by atomic mass is 15.1. The van der Waals surface area contributed by atoms with Crippen molar-refractivity contribution >= 4 is 11.6 Å². The van der Waals surface area contributed by atoms with Crippen molar-refractivity contribution in [1.29, 1.82) is 0 Å². The largest absolute Gasteiger partial charge is 0.373 e. The van der Waals surface area contributed by atoms with Crippen molar-refractivity contribution < 1.29 is 0 Å². The zero-order valence-corrected chi connectivity index (χ0v) is 12.1. The van der Waals surface area contributed by atoms with Gasteiger partial charge in [0, 0.05) is 45.0 Å². The minimum atomic E-state index is 0.838. The molecular formula is C14H22N6. The van der Waals surface area contributed by atoms with Crippen molar-refractivity contribution in [3.8, 4) is 0 Å². The van der Waals surface area contributed by atoms with Gasteiger partial charge in [-0.15, -0.1) is 0 Å². The minimum Gasteiger partial charge on any atom is -0.373 e. The lowest BCUT2D eigenvalue weighted by Crippen LogP contribution is -2.08. The van der Waals surface area contributed by atoms with E-state index in [1.165, 1.54) is 0 Å². The minimum absolute atomic E-state index is 0.838. The second kappa shape index (κ2) is 7.47. The number of aromatic nitrogens is 4. The van der Waals surface area contributed by atoms with Crippen LogP contribution in [0.2, 0.25) is 0 Å². The Morgan fingerprint density at radius 2 is 2.05 bits per heavy atom. The highest BCUT2D eigenvalue weighted by Gasteiger charge is 2.01. The Morgan fingerprint density at radius 3 is 2.75 bits per heavy atom. The topological polar surface area (TPSA) is 67.7 Å². The first-order chi connectivity index (χ1) is 9.81. The fourth-order valence-corrected chi connectivity index (χ4v) is 1.93. The third-order valence-corrected chi connectivity index (χ3v) is 3.05. The highest BCUT2D eigenvalue weighted by molar-refractivity contribution is 5.47. The summed E-state index contributed by atoms with van der Waals surface area (Å²) in [6.45, 7) is 3.98. The molecule has 0 atom stereocenters. The lowest BCUT2D eigenvalue weighted by atomic mass is 10.3. The van der Waals surface area contributed by atoms with Crippen molar-refractivity contribution in [3.63, 3.8) is 0 Å². The van der Waals surface area contributed by atoms with Crippen LogP contribution in [-0.2, 0) is 13.0 Å². The van der Waals surface area contributed by atoms with Crippen LogP contribution in [0.3, 0.4) is 0 Å². The van der Waals surface area contributed by atoms with E-state index in [4.69, 9.17) is 0 Å². The van der Waals surface area contributed by atoms with Gasteiger partial charge in [0.05, 0.1) is 6.33 Å². The molecule has 0 unspecified atom stereocenters. The standard InChI is InChI=1S/C14H22N6/c1-3-12-18-13(15-2)10-14(19-12)17-6-4-5-8-20-9-7-16-11-20/h7,9-11H,3-6,8H2,1-2H3,(H2,15,17,18,19). The van der Waals surface area contributed by atoms with Crippen LogP contribution in [0, 0.1) is 0 Å². The number of nitrogens with one attached hydrogen (secondary N) is 2. The Morgan fingerprint density at radius 1 is 1.20 bits per heavy atom. The summed E-state index contributed by atoms with van der Waals surface area (Å²) in [5.74, 6) is 2.61. The number of hydrogen-bond acceptors (Lipinski definition) is 5. The molecule has 0 radical (unpaired) electrons. The Kier molecular flexibility index (Phi) is 5.34. The summed E-state index contributed by atoms with van der Waals surface area (Å²) in [5, 5.41) is 6.42. The molecule has 0 saturated carbocycles. The van der Waals surface area contributed by atoms with Crippen LogP contribution in [0.5, 0.6) is 0 Å². The van der Waals surface area contributed by atoms with E-state index in [2.05, 4.69) is 37.1 Å². The Hall–Kier alpha value is -2.11. The summed E-state index contributed by atoms with van der Waals surface area (Å²) in [5.41, 5.74) is 0. The van der Waals surface area contributed by atoms with E-state index in [0.29, 0.717) is 0 Å². The Labute approximate surface area is 119 Å². The number of anilines is 2. The highest BCUT2D eigenvalue weighted by Crippen LogP contribution is 2.11. The first kappa shape index (κ1) is 14.3. The number of nitrogens with zero attached hydrogens (tertiary/aromatic N) is 4. The van der Waals surface area contributed by atoms with Crippen LogP contribution in [0.25, 0.3) is 0 Å². The third-order valence-electron chi connectivity index (χ3n) is 3.05. The van der Waals surface area contributed by atoms with Crippen LogP contribution in [0.4, 0.5) is 11.6 Å². The molecule has 0 saturated heterocycles. The number of rotatable bonds is 8. The molecule has 0 aliphatic rings. The predicted molar refractivity (Wildman–Crippen MR) is 80.9 cm³/mol. The summed E-state index contributed by atoms with van der Waals surface area (Å²) >= 11 is 0. The number of unbranched alkanes of at least 4 members (excludes halogenated alkanes) is 1. The van der Waals surface area contributed by atoms with Gasteiger partial charge in [0.15, 0.2) is 0 Å².